The van der Waals surface area contributed by atoms with Crippen LogP contribution < -0.4 is 10.9 Å². The van der Waals surface area contributed by atoms with Crippen LogP contribution in [0, 0.1) is 11.3 Å². The number of aryl methyl sites for hydroxylation is 1. The number of ketones is 1. The number of carbonyl (C=O) groups excluding carboxylic acids is 2. The highest BCUT2D eigenvalue weighted by Gasteiger charge is 2.58. The van der Waals surface area contributed by atoms with E-state index >= 15 is 0 Å². The van der Waals surface area contributed by atoms with E-state index in [0.717, 1.165) is 106 Å². The van der Waals surface area contributed by atoms with Gasteiger partial charge in [0.25, 0.3) is 5.56 Å². The van der Waals surface area contributed by atoms with Gasteiger partial charge in [-0.3, -0.25) is 14.4 Å². The van der Waals surface area contributed by atoms with Gasteiger partial charge in [0.15, 0.2) is 0 Å². The van der Waals surface area contributed by atoms with Gasteiger partial charge in [0.2, 0.25) is 5.91 Å². The molecule has 9 nitrogen and oxygen atoms in total. The molecule has 1 amide bonds. The van der Waals surface area contributed by atoms with Gasteiger partial charge in [-0.15, -0.1) is 0 Å². The highest BCUT2D eigenvalue weighted by Crippen LogP contribution is 2.59. The van der Waals surface area contributed by atoms with E-state index in [1.807, 2.05) is 43.6 Å². The topological polar surface area (TPSA) is 109 Å². The maximum Gasteiger partial charge on any atom is 0.258 e. The van der Waals surface area contributed by atoms with Gasteiger partial charge in [0.1, 0.15) is 11.6 Å². The molecule has 2 N–H and O–H groups in total. The average Bonchev–Trinajstić information content (AvgIpc) is 3.51. The number of unbranched alkanes of at least 4 members (excludes halogenated alkanes) is 2. The molecule has 0 radical (unpaired) electrons. The molecule has 1 aromatic carbocycles. The Balaban J connectivity index is 1.23. The van der Waals surface area contributed by atoms with Crippen molar-refractivity contribution in [3.05, 3.63) is 52.8 Å². The molecule has 9 heteroatoms. The SMILES string of the molecule is CCC(=O)CCCCCC1NC(=O)C2CC23CCN(CCCOCCCn2ccc4cc(ccc4c2=O)-c2cnc1[nH]2)CC3. The zero-order chi connectivity index (χ0) is 30.5. The van der Waals surface area contributed by atoms with Crippen LogP contribution in [0.25, 0.3) is 22.0 Å². The van der Waals surface area contributed by atoms with Crippen LogP contribution >= 0.6 is 0 Å². The Morgan fingerprint density at radius 2 is 1.86 bits per heavy atom. The number of ether oxygens (including phenoxy) is 1. The Kier molecular flexibility index (Phi) is 9.62. The van der Waals surface area contributed by atoms with Crippen LogP contribution in [0.2, 0.25) is 0 Å². The third-order valence-electron chi connectivity index (χ3n) is 10.2. The number of carbonyl (C=O) groups is 2. The summed E-state index contributed by atoms with van der Waals surface area (Å²) in [4.78, 5) is 49.3. The number of aromatic nitrogens is 3. The maximum atomic E-state index is 13.6. The molecule has 2 unspecified atom stereocenters. The molecular formula is C35H47N5O4. The van der Waals surface area contributed by atoms with Crippen molar-refractivity contribution in [2.45, 2.75) is 90.1 Å². The molecule has 2 aromatic heterocycles. The number of Topliss-reactive ketones (excluding diaryl/α,β-unsaturated/α-hetero) is 1. The summed E-state index contributed by atoms with van der Waals surface area (Å²) in [5.41, 5.74) is 1.97. The quantitative estimate of drug-likeness (QED) is 0.352. The predicted molar refractivity (Wildman–Crippen MR) is 171 cm³/mol. The number of pyridine rings is 1. The first-order chi connectivity index (χ1) is 21.5. The summed E-state index contributed by atoms with van der Waals surface area (Å²) < 4.78 is 7.68. The molecule has 236 valence electrons. The second-order valence-corrected chi connectivity index (χ2v) is 13.1. The molecule has 44 heavy (non-hydrogen) atoms. The van der Waals surface area contributed by atoms with Crippen molar-refractivity contribution < 1.29 is 14.3 Å². The second-order valence-electron chi connectivity index (χ2n) is 13.1. The number of hydrogen-bond donors (Lipinski definition) is 2. The van der Waals surface area contributed by atoms with Crippen molar-refractivity contribution in [1.29, 1.82) is 0 Å². The van der Waals surface area contributed by atoms with Crippen LogP contribution in [0.15, 0.2) is 41.5 Å². The summed E-state index contributed by atoms with van der Waals surface area (Å²) in [5.74, 6) is 1.28. The van der Waals surface area contributed by atoms with Gasteiger partial charge < -0.3 is 24.5 Å². The Hall–Kier alpha value is -3.30. The molecule has 10 rings (SSSR count). The molecule has 1 aliphatic carbocycles. The molecule has 2 atom stereocenters. The number of nitrogens with one attached hydrogen (secondary N) is 2. The lowest BCUT2D eigenvalue weighted by atomic mass is 9.90. The Bertz CT molecular complexity index is 1520. The lowest BCUT2D eigenvalue weighted by molar-refractivity contribution is -0.124. The van der Waals surface area contributed by atoms with Crippen molar-refractivity contribution in [1.82, 2.24) is 24.8 Å². The summed E-state index contributed by atoms with van der Waals surface area (Å²) in [6.07, 6.45) is 13.3. The van der Waals surface area contributed by atoms with Crippen molar-refractivity contribution in [3.63, 3.8) is 0 Å². The van der Waals surface area contributed by atoms with Crippen molar-refractivity contribution in [2.75, 3.05) is 32.8 Å². The fraction of sp³-hybridized carbons (Fsp3) is 0.600. The van der Waals surface area contributed by atoms with E-state index in [4.69, 9.17) is 9.72 Å². The summed E-state index contributed by atoms with van der Waals surface area (Å²) >= 11 is 0. The number of rotatable bonds is 7. The van der Waals surface area contributed by atoms with E-state index in [9.17, 15) is 14.4 Å². The van der Waals surface area contributed by atoms with Gasteiger partial charge in [-0.2, -0.15) is 0 Å². The first kappa shape index (κ1) is 30.7. The molecule has 1 saturated carbocycles. The predicted octanol–water partition coefficient (Wildman–Crippen LogP) is 5.39. The summed E-state index contributed by atoms with van der Waals surface area (Å²) in [6.45, 7) is 7.02. The molecule has 8 bridgehead atoms. The maximum absolute atomic E-state index is 13.6. The van der Waals surface area contributed by atoms with Gasteiger partial charge in [-0.05, 0) is 87.0 Å². The fourth-order valence-corrected chi connectivity index (χ4v) is 7.19. The highest BCUT2D eigenvalue weighted by atomic mass is 16.5. The molecular weight excluding hydrogens is 554 g/mol. The van der Waals surface area contributed by atoms with E-state index in [1.54, 1.807) is 4.57 Å². The average molecular weight is 602 g/mol. The number of piperidine rings is 1. The Morgan fingerprint density at radius 3 is 2.68 bits per heavy atom. The summed E-state index contributed by atoms with van der Waals surface area (Å²) in [6, 6.07) is 7.67. The first-order valence-electron chi connectivity index (χ1n) is 16.8. The summed E-state index contributed by atoms with van der Waals surface area (Å²) in [7, 11) is 0. The van der Waals surface area contributed by atoms with Gasteiger partial charge in [0, 0.05) is 62.2 Å². The second kappa shape index (κ2) is 13.8. The van der Waals surface area contributed by atoms with Crippen LogP contribution in [0.4, 0.5) is 0 Å². The van der Waals surface area contributed by atoms with Crippen molar-refractivity contribution >= 4 is 22.5 Å². The molecule has 1 saturated heterocycles. The van der Waals surface area contributed by atoms with E-state index in [0.29, 0.717) is 37.2 Å². The lowest BCUT2D eigenvalue weighted by Gasteiger charge is -2.33. The minimum Gasteiger partial charge on any atom is -0.381 e. The fourth-order valence-electron chi connectivity index (χ4n) is 7.19. The molecule has 6 aliphatic heterocycles. The van der Waals surface area contributed by atoms with Crippen molar-refractivity contribution in [3.8, 4) is 11.3 Å². The summed E-state index contributed by atoms with van der Waals surface area (Å²) in [5, 5.41) is 4.96. The number of hydrogen-bond acceptors (Lipinski definition) is 6. The van der Waals surface area contributed by atoms with Crippen molar-refractivity contribution in [2.24, 2.45) is 11.3 Å². The van der Waals surface area contributed by atoms with E-state index < -0.39 is 0 Å². The van der Waals surface area contributed by atoms with Crippen LogP contribution in [0.5, 0.6) is 0 Å². The molecule has 8 heterocycles. The molecule has 2 fully saturated rings. The Morgan fingerprint density at radius 1 is 1.05 bits per heavy atom. The van der Waals surface area contributed by atoms with Gasteiger partial charge in [-0.1, -0.05) is 25.8 Å². The van der Waals surface area contributed by atoms with Gasteiger partial charge in [-0.25, -0.2) is 4.98 Å². The largest absolute Gasteiger partial charge is 0.381 e. The number of amides is 1. The molecule has 1 spiro atoms. The van der Waals surface area contributed by atoms with Crippen LogP contribution in [-0.2, 0) is 20.9 Å². The monoisotopic (exact) mass is 601 g/mol. The van der Waals surface area contributed by atoms with Crippen LogP contribution in [0.3, 0.4) is 0 Å². The minimum atomic E-state index is -0.214. The number of benzene rings is 1. The molecule has 3 aromatic rings. The number of nitrogens with zero attached hydrogens (tertiary/aromatic N) is 3. The van der Waals surface area contributed by atoms with Crippen LogP contribution in [0.1, 0.15) is 89.4 Å². The number of aromatic amines is 1. The Labute approximate surface area is 259 Å². The zero-order valence-electron chi connectivity index (χ0n) is 26.1. The van der Waals surface area contributed by atoms with Gasteiger partial charge >= 0.3 is 0 Å². The number of imidazole rings is 1. The third-order valence-corrected chi connectivity index (χ3v) is 10.2. The van der Waals surface area contributed by atoms with Crippen LogP contribution in [-0.4, -0.2) is 64.0 Å². The highest BCUT2D eigenvalue weighted by molar-refractivity contribution is 5.86. The molecule has 7 aliphatic rings. The zero-order valence-corrected chi connectivity index (χ0v) is 26.1. The van der Waals surface area contributed by atoms with E-state index in [1.165, 1.54) is 0 Å². The van der Waals surface area contributed by atoms with E-state index in [-0.39, 0.29) is 28.8 Å². The normalized spacial score (nSPS) is 26.0. The van der Waals surface area contributed by atoms with E-state index in [2.05, 4.69) is 15.2 Å². The lowest BCUT2D eigenvalue weighted by Crippen LogP contribution is -2.38. The smallest absolute Gasteiger partial charge is 0.258 e. The van der Waals surface area contributed by atoms with Gasteiger partial charge in [0.05, 0.1) is 17.9 Å². The minimum absolute atomic E-state index is 0.0125. The number of H-pyrrole nitrogens is 1. The first-order valence-corrected chi connectivity index (χ1v) is 16.8. The third kappa shape index (κ3) is 6.99. The standard InChI is InChI=1S/C35H47N5O4/c1-2-27(41)8-4-3-5-9-30-32-36-24-31(37-32)26-10-11-28-25(22-26)12-17-40(34(28)43)16-7-21-44-20-6-15-39-18-13-35(14-19-39)23-29(35)33(42)38-30/h10-12,17,22,24,29-30H,2-9,13-16,18-21,23H2,1H3,(H,36,37)(H,38,42).